The quantitative estimate of drug-likeness (QED) is 0.798. The molecule has 7 heteroatoms. The van der Waals surface area contributed by atoms with E-state index in [0.29, 0.717) is 23.3 Å². The van der Waals surface area contributed by atoms with Crippen LogP contribution in [-0.2, 0) is 11.3 Å². The van der Waals surface area contributed by atoms with Crippen LogP contribution in [0.2, 0.25) is 5.02 Å². The fraction of sp³-hybridized carbons (Fsp3) is 0.529. The average molecular weight is 351 g/mol. The van der Waals surface area contributed by atoms with Gasteiger partial charge in [-0.2, -0.15) is 4.98 Å². The zero-order valence-electron chi connectivity index (χ0n) is 14.1. The normalized spacial score (nSPS) is 18.0. The Morgan fingerprint density at radius 3 is 2.50 bits per heavy atom. The SMILES string of the molecule is COC(C)CN1CCN(Cc2nc(-c3ccc(Cl)cc3)no2)CC1. The fourth-order valence-electron chi connectivity index (χ4n) is 2.79. The van der Waals surface area contributed by atoms with Crippen LogP contribution in [0.1, 0.15) is 12.8 Å². The minimum absolute atomic E-state index is 0.273. The molecular formula is C17H23ClN4O2. The summed E-state index contributed by atoms with van der Waals surface area (Å²) in [6, 6.07) is 7.44. The minimum atomic E-state index is 0.273. The second-order valence-electron chi connectivity index (χ2n) is 6.14. The maximum absolute atomic E-state index is 5.90. The molecule has 2 aromatic rings. The Hall–Kier alpha value is -1.47. The third-order valence-electron chi connectivity index (χ3n) is 4.31. The summed E-state index contributed by atoms with van der Waals surface area (Å²) in [6.07, 6.45) is 0.273. The highest BCUT2D eigenvalue weighted by molar-refractivity contribution is 6.30. The van der Waals surface area contributed by atoms with Crippen LogP contribution in [0.4, 0.5) is 0 Å². The van der Waals surface area contributed by atoms with Crippen molar-refractivity contribution in [2.75, 3.05) is 39.8 Å². The summed E-state index contributed by atoms with van der Waals surface area (Å²) in [7, 11) is 1.76. The number of nitrogens with zero attached hydrogens (tertiary/aromatic N) is 4. The van der Waals surface area contributed by atoms with Gasteiger partial charge in [0.25, 0.3) is 0 Å². The van der Waals surface area contributed by atoms with Crippen LogP contribution < -0.4 is 0 Å². The average Bonchev–Trinajstić information content (AvgIpc) is 3.05. The molecule has 0 aliphatic carbocycles. The van der Waals surface area contributed by atoms with Gasteiger partial charge in [0.1, 0.15) is 0 Å². The number of piperazine rings is 1. The summed E-state index contributed by atoms with van der Waals surface area (Å²) in [6.45, 7) is 7.82. The molecule has 1 aromatic carbocycles. The van der Waals surface area contributed by atoms with Crippen molar-refractivity contribution in [2.45, 2.75) is 19.6 Å². The fourth-order valence-corrected chi connectivity index (χ4v) is 2.92. The number of benzene rings is 1. The van der Waals surface area contributed by atoms with Gasteiger partial charge in [0.2, 0.25) is 11.7 Å². The highest BCUT2D eigenvalue weighted by Gasteiger charge is 2.20. The molecule has 1 aromatic heterocycles. The Morgan fingerprint density at radius 1 is 1.17 bits per heavy atom. The number of aromatic nitrogens is 2. The van der Waals surface area contributed by atoms with Gasteiger partial charge in [-0.3, -0.25) is 9.80 Å². The lowest BCUT2D eigenvalue weighted by Crippen LogP contribution is -2.48. The van der Waals surface area contributed by atoms with Gasteiger partial charge in [-0.05, 0) is 31.2 Å². The van der Waals surface area contributed by atoms with E-state index < -0.39 is 0 Å². The van der Waals surface area contributed by atoms with E-state index in [1.807, 2.05) is 24.3 Å². The number of halogens is 1. The van der Waals surface area contributed by atoms with Crippen molar-refractivity contribution in [1.82, 2.24) is 19.9 Å². The number of methoxy groups -OCH3 is 1. The summed E-state index contributed by atoms with van der Waals surface area (Å²) in [5.74, 6) is 1.26. The van der Waals surface area contributed by atoms with E-state index in [1.54, 1.807) is 7.11 Å². The van der Waals surface area contributed by atoms with Crippen molar-refractivity contribution in [3.8, 4) is 11.4 Å². The molecule has 130 valence electrons. The van der Waals surface area contributed by atoms with E-state index in [9.17, 15) is 0 Å². The highest BCUT2D eigenvalue weighted by atomic mass is 35.5. The van der Waals surface area contributed by atoms with E-state index in [-0.39, 0.29) is 6.10 Å². The topological polar surface area (TPSA) is 54.6 Å². The van der Waals surface area contributed by atoms with Crippen LogP contribution in [0.25, 0.3) is 11.4 Å². The Kier molecular flexibility index (Phi) is 5.84. The van der Waals surface area contributed by atoms with Crippen LogP contribution >= 0.6 is 11.6 Å². The van der Waals surface area contributed by atoms with Gasteiger partial charge in [0, 0.05) is 50.4 Å². The Labute approximate surface area is 147 Å². The lowest BCUT2D eigenvalue weighted by molar-refractivity contribution is 0.0486. The van der Waals surface area contributed by atoms with Crippen molar-refractivity contribution < 1.29 is 9.26 Å². The molecular weight excluding hydrogens is 328 g/mol. The molecule has 1 aliphatic rings. The molecule has 1 atom stereocenters. The summed E-state index contributed by atoms with van der Waals surface area (Å²) in [4.78, 5) is 9.26. The number of hydrogen-bond acceptors (Lipinski definition) is 6. The molecule has 3 rings (SSSR count). The summed E-state index contributed by atoms with van der Waals surface area (Å²) >= 11 is 5.90. The molecule has 6 nitrogen and oxygen atoms in total. The highest BCUT2D eigenvalue weighted by Crippen LogP contribution is 2.19. The van der Waals surface area contributed by atoms with E-state index in [2.05, 4.69) is 26.9 Å². The number of hydrogen-bond donors (Lipinski definition) is 0. The molecule has 0 saturated carbocycles. The zero-order chi connectivity index (χ0) is 16.9. The summed E-state index contributed by atoms with van der Waals surface area (Å²) in [5.41, 5.74) is 0.910. The Bertz CT molecular complexity index is 638. The van der Waals surface area contributed by atoms with Gasteiger partial charge < -0.3 is 9.26 Å². The first kappa shape index (κ1) is 17.4. The molecule has 0 bridgehead atoms. The largest absolute Gasteiger partial charge is 0.380 e. The smallest absolute Gasteiger partial charge is 0.241 e. The molecule has 2 heterocycles. The van der Waals surface area contributed by atoms with E-state index in [0.717, 1.165) is 38.3 Å². The second kappa shape index (κ2) is 8.07. The van der Waals surface area contributed by atoms with Crippen LogP contribution in [0, 0.1) is 0 Å². The summed E-state index contributed by atoms with van der Waals surface area (Å²) < 4.78 is 10.7. The molecule has 24 heavy (non-hydrogen) atoms. The molecule has 1 saturated heterocycles. The van der Waals surface area contributed by atoms with Crippen molar-refractivity contribution >= 4 is 11.6 Å². The second-order valence-corrected chi connectivity index (χ2v) is 6.58. The third-order valence-corrected chi connectivity index (χ3v) is 4.56. The minimum Gasteiger partial charge on any atom is -0.380 e. The van der Waals surface area contributed by atoms with Crippen LogP contribution in [0.15, 0.2) is 28.8 Å². The molecule has 1 aliphatic heterocycles. The molecule has 0 amide bonds. The van der Waals surface area contributed by atoms with Gasteiger partial charge in [0.05, 0.1) is 12.6 Å². The van der Waals surface area contributed by atoms with E-state index in [1.165, 1.54) is 0 Å². The Balaban J connectivity index is 1.52. The lowest BCUT2D eigenvalue weighted by atomic mass is 10.2. The molecule has 1 fully saturated rings. The van der Waals surface area contributed by atoms with Crippen LogP contribution in [0.3, 0.4) is 0 Å². The standard InChI is InChI=1S/C17H23ClN4O2/c1-13(23-2)11-21-7-9-22(10-8-21)12-16-19-17(20-24-16)14-3-5-15(18)6-4-14/h3-6,13H,7-12H2,1-2H3. The number of ether oxygens (including phenoxy) is 1. The zero-order valence-corrected chi connectivity index (χ0v) is 14.9. The maximum atomic E-state index is 5.90. The van der Waals surface area contributed by atoms with E-state index >= 15 is 0 Å². The van der Waals surface area contributed by atoms with Gasteiger partial charge in [-0.15, -0.1) is 0 Å². The first-order valence-corrected chi connectivity index (χ1v) is 8.58. The predicted molar refractivity (Wildman–Crippen MR) is 92.9 cm³/mol. The molecule has 1 unspecified atom stereocenters. The molecule has 0 N–H and O–H groups in total. The summed E-state index contributed by atoms with van der Waals surface area (Å²) in [5, 5.41) is 4.76. The van der Waals surface area contributed by atoms with Crippen molar-refractivity contribution in [3.05, 3.63) is 35.2 Å². The third kappa shape index (κ3) is 4.54. The maximum Gasteiger partial charge on any atom is 0.241 e. The monoisotopic (exact) mass is 350 g/mol. The van der Waals surface area contributed by atoms with Gasteiger partial charge in [-0.25, -0.2) is 0 Å². The molecule has 0 radical (unpaired) electrons. The van der Waals surface area contributed by atoms with Gasteiger partial charge >= 0.3 is 0 Å². The van der Waals surface area contributed by atoms with Gasteiger partial charge in [-0.1, -0.05) is 16.8 Å². The molecule has 0 spiro atoms. The first-order valence-electron chi connectivity index (χ1n) is 8.20. The van der Waals surface area contributed by atoms with Crippen LogP contribution in [0.5, 0.6) is 0 Å². The first-order chi connectivity index (χ1) is 11.6. The predicted octanol–water partition coefficient (Wildman–Crippen LogP) is 2.54. The van der Waals surface area contributed by atoms with Crippen molar-refractivity contribution in [3.63, 3.8) is 0 Å². The Morgan fingerprint density at radius 2 is 1.83 bits per heavy atom. The van der Waals surface area contributed by atoms with Crippen LogP contribution in [-0.4, -0.2) is 65.9 Å². The van der Waals surface area contributed by atoms with Gasteiger partial charge in [0.15, 0.2) is 0 Å². The van der Waals surface area contributed by atoms with Crippen molar-refractivity contribution in [1.29, 1.82) is 0 Å². The van der Waals surface area contributed by atoms with E-state index in [4.69, 9.17) is 20.9 Å². The lowest BCUT2D eigenvalue weighted by Gasteiger charge is -2.34. The van der Waals surface area contributed by atoms with Crippen molar-refractivity contribution in [2.24, 2.45) is 0 Å². The number of rotatable bonds is 6.